The summed E-state index contributed by atoms with van der Waals surface area (Å²) in [6, 6.07) is 37.7. The smallest absolute Gasteiger partial charge is 0.490 e. The fourth-order valence-electron chi connectivity index (χ4n) is 10.0. The molecule has 9 rings (SSSR count). The number of piperazine rings is 1. The zero-order valence-electron chi connectivity index (χ0n) is 40.2. The Morgan fingerprint density at radius 1 is 0.742 bits per heavy atom. The second kappa shape index (κ2) is 19.9. The number of para-hydroxylation sites is 1. The molecule has 0 radical (unpaired) electrons. The molecule has 10 nitrogen and oxygen atoms in total. The van der Waals surface area contributed by atoms with Gasteiger partial charge in [0.25, 0.3) is 0 Å². The number of ether oxygens (including phenoxy) is 3. The fraction of sp³-hybridized carbons (Fsp3) is 0.455. The summed E-state index contributed by atoms with van der Waals surface area (Å²) >= 11 is 0. The molecular weight excluding hydrogens is 821 g/mol. The quantitative estimate of drug-likeness (QED) is 0.0882. The summed E-state index contributed by atoms with van der Waals surface area (Å²) in [4.78, 5) is 10.1. The van der Waals surface area contributed by atoms with E-state index >= 15 is 0 Å². The highest BCUT2D eigenvalue weighted by Gasteiger charge is 2.52. The zero-order valence-corrected chi connectivity index (χ0v) is 40.2. The SMILES string of the molecule is Cc1c(OC2CCC(CCC[C@H](C)N3CCN(c4cccc5c(-c6ccc(OCc7ccccc7)nc6OCc6ccccc6)nn(C)c45)CC3)CC2)cccc1B1OC(C)(C)C(C)(C)O1. The van der Waals surface area contributed by atoms with Crippen molar-refractivity contribution in [3.63, 3.8) is 0 Å². The van der Waals surface area contributed by atoms with Crippen molar-refractivity contribution in [2.45, 2.75) is 123 Å². The van der Waals surface area contributed by atoms with Crippen LogP contribution in [-0.2, 0) is 29.6 Å². The van der Waals surface area contributed by atoms with E-state index in [1.807, 2.05) is 60.3 Å². The van der Waals surface area contributed by atoms with Crippen molar-refractivity contribution in [2.24, 2.45) is 13.0 Å². The van der Waals surface area contributed by atoms with Gasteiger partial charge in [-0.2, -0.15) is 10.1 Å². The van der Waals surface area contributed by atoms with Gasteiger partial charge in [0.05, 0.1) is 34.1 Å². The fourth-order valence-corrected chi connectivity index (χ4v) is 10.0. The first kappa shape index (κ1) is 45.8. The standard InChI is InChI=1S/C55H68BN5O5/c1-39(17-14-22-41-27-29-44(30-28-41)64-49-26-16-24-47(40(49)2)56-65-54(3,4)55(5,6)66-56)60-33-35-61(36-34-60)48-25-15-23-45-51(58-59(7)52(45)48)46-31-32-50(62-37-42-18-10-8-11-19-42)57-53(46)63-38-43-20-12-9-13-21-43/h8-13,15-16,18-21,23-26,31-32,39,41,44H,14,17,22,27-30,33-38H2,1-7H3/t39-,41?,44?/m0/s1. The van der Waals surface area contributed by atoms with Gasteiger partial charge in [-0.15, -0.1) is 0 Å². The lowest BCUT2D eigenvalue weighted by Gasteiger charge is -2.39. The first-order valence-corrected chi connectivity index (χ1v) is 24.3. The van der Waals surface area contributed by atoms with Crippen LogP contribution in [0.3, 0.4) is 0 Å². The molecule has 1 aliphatic carbocycles. The maximum Gasteiger partial charge on any atom is 0.495 e. The largest absolute Gasteiger partial charge is 0.495 e. The third kappa shape index (κ3) is 10.1. The normalized spacial score (nSPS) is 20.1. The van der Waals surface area contributed by atoms with Crippen LogP contribution in [0.4, 0.5) is 5.69 Å². The number of benzene rings is 4. The molecule has 0 spiro atoms. The Morgan fingerprint density at radius 2 is 1.39 bits per heavy atom. The summed E-state index contributed by atoms with van der Waals surface area (Å²) in [5.74, 6) is 2.76. The number of pyridine rings is 1. The van der Waals surface area contributed by atoms with Crippen LogP contribution in [0, 0.1) is 12.8 Å². The van der Waals surface area contributed by atoms with Gasteiger partial charge in [-0.25, -0.2) is 0 Å². The molecule has 3 fully saturated rings. The van der Waals surface area contributed by atoms with E-state index in [1.54, 1.807) is 0 Å². The van der Waals surface area contributed by atoms with Crippen LogP contribution in [0.5, 0.6) is 17.5 Å². The predicted octanol–water partition coefficient (Wildman–Crippen LogP) is 10.7. The number of nitrogens with zero attached hydrogens (tertiary/aromatic N) is 5. The minimum Gasteiger partial charge on any atom is -0.490 e. The molecule has 2 saturated heterocycles. The van der Waals surface area contributed by atoms with E-state index < -0.39 is 0 Å². The third-order valence-electron chi connectivity index (χ3n) is 14.8. The zero-order chi connectivity index (χ0) is 45.8. The van der Waals surface area contributed by atoms with Crippen molar-refractivity contribution in [1.29, 1.82) is 0 Å². The molecule has 11 heteroatoms. The highest BCUT2D eigenvalue weighted by atomic mass is 16.7. The van der Waals surface area contributed by atoms with E-state index in [9.17, 15) is 0 Å². The van der Waals surface area contributed by atoms with Gasteiger partial charge in [-0.3, -0.25) is 9.58 Å². The van der Waals surface area contributed by atoms with Crippen molar-refractivity contribution in [3.05, 3.63) is 126 Å². The van der Waals surface area contributed by atoms with E-state index in [-0.39, 0.29) is 24.4 Å². The molecule has 6 aromatic rings. The number of anilines is 1. The Hall–Kier alpha value is -5.36. The van der Waals surface area contributed by atoms with E-state index in [0.29, 0.717) is 31.0 Å². The molecule has 1 atom stereocenters. The molecule has 3 aliphatic rings. The maximum absolute atomic E-state index is 6.67. The summed E-state index contributed by atoms with van der Waals surface area (Å²) < 4.78 is 34.1. The monoisotopic (exact) mass is 890 g/mol. The second-order valence-electron chi connectivity index (χ2n) is 19.8. The second-order valence-corrected chi connectivity index (χ2v) is 19.8. The van der Waals surface area contributed by atoms with Crippen LogP contribution >= 0.6 is 0 Å². The van der Waals surface area contributed by atoms with Crippen LogP contribution in [0.1, 0.15) is 96.3 Å². The molecule has 0 amide bonds. The molecule has 2 aliphatic heterocycles. The number of rotatable bonds is 16. The van der Waals surface area contributed by atoms with Crippen LogP contribution in [0.15, 0.2) is 109 Å². The Balaban J connectivity index is 0.776. The van der Waals surface area contributed by atoms with Crippen molar-refractivity contribution in [2.75, 3.05) is 31.1 Å². The summed E-state index contributed by atoms with van der Waals surface area (Å²) in [6.45, 7) is 17.9. The molecule has 0 N–H and O–H groups in total. The Labute approximate surface area is 392 Å². The summed E-state index contributed by atoms with van der Waals surface area (Å²) in [5.41, 5.74) is 7.64. The van der Waals surface area contributed by atoms with Crippen LogP contribution in [0.25, 0.3) is 22.2 Å². The Bertz CT molecular complexity index is 2530. The number of fused-ring (bicyclic) bond motifs is 1. The van der Waals surface area contributed by atoms with Gasteiger partial charge in [0, 0.05) is 50.7 Å². The maximum atomic E-state index is 6.67. The summed E-state index contributed by atoms with van der Waals surface area (Å²) in [5, 5.41) is 6.21. The lowest BCUT2D eigenvalue weighted by atomic mass is 9.76. The Morgan fingerprint density at radius 3 is 2.08 bits per heavy atom. The predicted molar refractivity (Wildman–Crippen MR) is 266 cm³/mol. The lowest BCUT2D eigenvalue weighted by molar-refractivity contribution is 0.00578. The molecule has 2 aromatic heterocycles. The van der Waals surface area contributed by atoms with Crippen LogP contribution in [0.2, 0.25) is 0 Å². The summed E-state index contributed by atoms with van der Waals surface area (Å²) in [6.07, 6.45) is 8.78. The molecule has 4 aromatic carbocycles. The molecule has 1 saturated carbocycles. The highest BCUT2D eigenvalue weighted by molar-refractivity contribution is 6.62. The minimum absolute atomic E-state index is 0.262. The van der Waals surface area contributed by atoms with Crippen LogP contribution < -0.4 is 24.6 Å². The highest BCUT2D eigenvalue weighted by Crippen LogP contribution is 2.40. The molecular formula is C55H68BN5O5. The number of hydrogen-bond donors (Lipinski definition) is 0. The number of aromatic nitrogens is 3. The van der Waals surface area contributed by atoms with Crippen molar-refractivity contribution in [1.82, 2.24) is 19.7 Å². The molecule has 0 bridgehead atoms. The Kier molecular flexibility index (Phi) is 13.8. The van der Waals surface area contributed by atoms with Gasteiger partial charge < -0.3 is 28.4 Å². The van der Waals surface area contributed by atoms with Gasteiger partial charge in [0.1, 0.15) is 24.7 Å². The van der Waals surface area contributed by atoms with Crippen molar-refractivity contribution < 1.29 is 23.5 Å². The van der Waals surface area contributed by atoms with E-state index in [0.717, 1.165) is 95.0 Å². The molecule has 346 valence electrons. The van der Waals surface area contributed by atoms with E-state index in [2.05, 4.69) is 112 Å². The van der Waals surface area contributed by atoms with Crippen LogP contribution in [-0.4, -0.2) is 76.3 Å². The number of hydrogen-bond acceptors (Lipinski definition) is 9. The van der Waals surface area contributed by atoms with Gasteiger partial charge in [0.15, 0.2) is 0 Å². The van der Waals surface area contributed by atoms with Gasteiger partial charge in [-0.05, 0) is 120 Å². The molecule has 66 heavy (non-hydrogen) atoms. The van der Waals surface area contributed by atoms with E-state index in [1.165, 1.54) is 37.8 Å². The van der Waals surface area contributed by atoms with Crippen molar-refractivity contribution >= 4 is 29.2 Å². The third-order valence-corrected chi connectivity index (χ3v) is 14.8. The topological polar surface area (TPSA) is 83.3 Å². The van der Waals surface area contributed by atoms with Crippen molar-refractivity contribution in [3.8, 4) is 28.8 Å². The molecule has 4 heterocycles. The van der Waals surface area contributed by atoms with Gasteiger partial charge >= 0.3 is 7.12 Å². The average molecular weight is 890 g/mol. The van der Waals surface area contributed by atoms with Gasteiger partial charge in [-0.1, -0.05) is 97.8 Å². The first-order valence-electron chi connectivity index (χ1n) is 24.3. The average Bonchev–Trinajstić information content (AvgIpc) is 3.78. The lowest BCUT2D eigenvalue weighted by Crippen LogP contribution is -2.49. The first-order chi connectivity index (χ1) is 31.9. The number of aryl methyl sites for hydroxylation is 1. The minimum atomic E-state index is -0.377. The van der Waals surface area contributed by atoms with E-state index in [4.69, 9.17) is 33.6 Å². The molecule has 0 unspecified atom stereocenters. The summed E-state index contributed by atoms with van der Waals surface area (Å²) in [7, 11) is 1.67. The van der Waals surface area contributed by atoms with Gasteiger partial charge in [0.2, 0.25) is 11.8 Å².